The normalized spacial score (nSPS) is 9.47. The zero-order chi connectivity index (χ0) is 11.3. The fourth-order valence-corrected chi connectivity index (χ4v) is 1.20. The third-order valence-electron chi connectivity index (χ3n) is 1.78. The van der Waals surface area contributed by atoms with E-state index in [1.54, 1.807) is 24.3 Å². The highest BCUT2D eigenvalue weighted by Crippen LogP contribution is 2.10. The first-order valence-electron chi connectivity index (χ1n) is 4.38. The van der Waals surface area contributed by atoms with Crippen LogP contribution in [-0.4, -0.2) is 25.4 Å². The zero-order valence-corrected chi connectivity index (χ0v) is 8.97. The van der Waals surface area contributed by atoms with Crippen LogP contribution in [0.25, 0.3) is 0 Å². The predicted molar refractivity (Wildman–Crippen MR) is 58.2 cm³/mol. The van der Waals surface area contributed by atoms with Crippen molar-refractivity contribution in [3.8, 4) is 0 Å². The molecule has 0 unspecified atom stereocenters. The number of benzene rings is 1. The zero-order valence-electron chi connectivity index (χ0n) is 8.21. The molecule has 0 heterocycles. The van der Waals surface area contributed by atoms with Crippen LogP contribution in [0.2, 0.25) is 5.02 Å². The van der Waals surface area contributed by atoms with Crippen LogP contribution in [0.4, 0.5) is 4.79 Å². The molecule has 1 aromatic carbocycles. The van der Waals surface area contributed by atoms with Gasteiger partial charge in [-0.25, -0.2) is 4.79 Å². The molecule has 1 aromatic rings. The number of hydrogen-bond donors (Lipinski definition) is 2. The van der Waals surface area contributed by atoms with E-state index in [1.165, 1.54) is 7.05 Å². The van der Waals surface area contributed by atoms with Crippen molar-refractivity contribution in [1.29, 1.82) is 0 Å². The van der Waals surface area contributed by atoms with E-state index in [4.69, 9.17) is 11.6 Å². The maximum atomic E-state index is 11.5. The van der Waals surface area contributed by atoms with Gasteiger partial charge in [-0.05, 0) is 12.1 Å². The Kier molecular flexibility index (Phi) is 4.12. The van der Waals surface area contributed by atoms with Crippen molar-refractivity contribution >= 4 is 23.4 Å². The van der Waals surface area contributed by atoms with Crippen molar-refractivity contribution in [2.75, 3.05) is 13.6 Å². The Labute approximate surface area is 92.6 Å². The number of halogens is 1. The fraction of sp³-hybridized carbons (Fsp3) is 0.200. The molecule has 0 aromatic heterocycles. The second-order valence-electron chi connectivity index (χ2n) is 2.87. The molecular formula is C10H11ClN2O2. The smallest absolute Gasteiger partial charge is 0.314 e. The van der Waals surface area contributed by atoms with E-state index in [0.29, 0.717) is 10.6 Å². The second kappa shape index (κ2) is 5.36. The van der Waals surface area contributed by atoms with Crippen molar-refractivity contribution in [1.82, 2.24) is 10.6 Å². The van der Waals surface area contributed by atoms with Crippen LogP contribution in [0, 0.1) is 0 Å². The number of carbonyl (C=O) groups is 2. The average Bonchev–Trinajstić information content (AvgIpc) is 2.25. The van der Waals surface area contributed by atoms with E-state index in [0.717, 1.165) is 0 Å². The largest absolute Gasteiger partial charge is 0.341 e. The van der Waals surface area contributed by atoms with E-state index in [9.17, 15) is 9.59 Å². The van der Waals surface area contributed by atoms with Crippen molar-refractivity contribution in [2.45, 2.75) is 0 Å². The number of carbonyl (C=O) groups excluding carboxylic acids is 2. The predicted octanol–water partition coefficient (Wildman–Crippen LogP) is 1.45. The fourth-order valence-electron chi connectivity index (χ4n) is 1.01. The van der Waals surface area contributed by atoms with Gasteiger partial charge in [0, 0.05) is 17.6 Å². The monoisotopic (exact) mass is 226 g/mol. The number of Topliss-reactive ketones (excluding diaryl/α,β-unsaturated/α-hetero) is 1. The molecule has 0 bridgehead atoms. The molecule has 0 aliphatic rings. The van der Waals surface area contributed by atoms with Crippen LogP contribution < -0.4 is 10.6 Å². The molecule has 80 valence electrons. The van der Waals surface area contributed by atoms with Crippen LogP contribution in [0.1, 0.15) is 10.4 Å². The van der Waals surface area contributed by atoms with Crippen LogP contribution in [0.15, 0.2) is 24.3 Å². The first-order chi connectivity index (χ1) is 7.13. The van der Waals surface area contributed by atoms with Gasteiger partial charge in [0.1, 0.15) is 0 Å². The van der Waals surface area contributed by atoms with Crippen LogP contribution >= 0.6 is 11.6 Å². The van der Waals surface area contributed by atoms with Gasteiger partial charge in [-0.2, -0.15) is 0 Å². The molecule has 0 aliphatic heterocycles. The number of nitrogens with one attached hydrogen (secondary N) is 2. The molecular weight excluding hydrogens is 216 g/mol. The Balaban J connectivity index is 2.58. The summed E-state index contributed by atoms with van der Waals surface area (Å²) in [6, 6.07) is 6.21. The topological polar surface area (TPSA) is 58.2 Å². The van der Waals surface area contributed by atoms with E-state index in [-0.39, 0.29) is 18.4 Å². The lowest BCUT2D eigenvalue weighted by Crippen LogP contribution is -2.36. The Morgan fingerprint density at radius 2 is 2.13 bits per heavy atom. The first kappa shape index (κ1) is 11.5. The summed E-state index contributed by atoms with van der Waals surface area (Å²) in [5.41, 5.74) is 0.485. The number of amides is 2. The molecule has 0 spiro atoms. The average molecular weight is 227 g/mol. The molecule has 0 aliphatic carbocycles. The van der Waals surface area contributed by atoms with Gasteiger partial charge in [0.15, 0.2) is 5.78 Å². The van der Waals surface area contributed by atoms with Crippen molar-refractivity contribution in [3.63, 3.8) is 0 Å². The maximum Gasteiger partial charge on any atom is 0.314 e. The lowest BCUT2D eigenvalue weighted by Gasteiger charge is -2.03. The SMILES string of the molecule is CNC(=O)NCC(=O)c1cccc(Cl)c1. The summed E-state index contributed by atoms with van der Waals surface area (Å²) in [6.45, 7) is -0.0417. The van der Waals surface area contributed by atoms with Crippen molar-refractivity contribution < 1.29 is 9.59 Å². The van der Waals surface area contributed by atoms with Gasteiger partial charge >= 0.3 is 6.03 Å². The molecule has 0 saturated carbocycles. The van der Waals surface area contributed by atoms with E-state index < -0.39 is 0 Å². The third-order valence-corrected chi connectivity index (χ3v) is 2.02. The van der Waals surface area contributed by atoms with Gasteiger partial charge < -0.3 is 10.6 Å². The molecule has 2 amide bonds. The maximum absolute atomic E-state index is 11.5. The summed E-state index contributed by atoms with van der Waals surface area (Å²) < 4.78 is 0. The Morgan fingerprint density at radius 1 is 1.40 bits per heavy atom. The van der Waals surface area contributed by atoms with E-state index >= 15 is 0 Å². The second-order valence-corrected chi connectivity index (χ2v) is 3.30. The lowest BCUT2D eigenvalue weighted by molar-refractivity contribution is 0.0992. The lowest BCUT2D eigenvalue weighted by atomic mass is 10.1. The third kappa shape index (κ3) is 3.59. The molecule has 2 N–H and O–H groups in total. The van der Waals surface area contributed by atoms with E-state index in [2.05, 4.69) is 10.6 Å². The minimum atomic E-state index is -0.384. The quantitative estimate of drug-likeness (QED) is 0.767. The van der Waals surface area contributed by atoms with E-state index in [1.807, 2.05) is 0 Å². The first-order valence-corrected chi connectivity index (χ1v) is 4.75. The molecule has 0 fully saturated rings. The van der Waals surface area contributed by atoms with Gasteiger partial charge in [-0.3, -0.25) is 4.79 Å². The molecule has 0 saturated heterocycles. The van der Waals surface area contributed by atoms with Gasteiger partial charge in [0.2, 0.25) is 0 Å². The van der Waals surface area contributed by atoms with Crippen molar-refractivity contribution in [2.24, 2.45) is 0 Å². The Bertz CT molecular complexity index is 379. The molecule has 0 atom stereocenters. The molecule has 4 nitrogen and oxygen atoms in total. The minimum Gasteiger partial charge on any atom is -0.341 e. The summed E-state index contributed by atoms with van der Waals surface area (Å²) in [5.74, 6) is -0.180. The van der Waals surface area contributed by atoms with Gasteiger partial charge in [-0.15, -0.1) is 0 Å². The van der Waals surface area contributed by atoms with Crippen LogP contribution in [-0.2, 0) is 0 Å². The summed E-state index contributed by atoms with van der Waals surface area (Å²) in [7, 11) is 1.49. The van der Waals surface area contributed by atoms with Crippen molar-refractivity contribution in [3.05, 3.63) is 34.9 Å². The van der Waals surface area contributed by atoms with Crippen LogP contribution in [0.5, 0.6) is 0 Å². The number of ketones is 1. The number of rotatable bonds is 3. The van der Waals surface area contributed by atoms with Gasteiger partial charge in [0.05, 0.1) is 6.54 Å². The summed E-state index contributed by atoms with van der Waals surface area (Å²) in [5, 5.41) is 5.26. The summed E-state index contributed by atoms with van der Waals surface area (Å²) in [4.78, 5) is 22.3. The standard InChI is InChI=1S/C10H11ClN2O2/c1-12-10(15)13-6-9(14)7-3-2-4-8(11)5-7/h2-5H,6H2,1H3,(H2,12,13,15). The Hall–Kier alpha value is -1.55. The minimum absolute atomic E-state index is 0.0417. The Morgan fingerprint density at radius 3 is 2.73 bits per heavy atom. The van der Waals surface area contributed by atoms with Gasteiger partial charge in [-0.1, -0.05) is 23.7 Å². The molecule has 1 rings (SSSR count). The van der Waals surface area contributed by atoms with Gasteiger partial charge in [0.25, 0.3) is 0 Å². The molecule has 5 heteroatoms. The highest BCUT2D eigenvalue weighted by molar-refractivity contribution is 6.31. The summed E-state index contributed by atoms with van der Waals surface area (Å²) in [6.07, 6.45) is 0. The summed E-state index contributed by atoms with van der Waals surface area (Å²) >= 11 is 5.73. The highest BCUT2D eigenvalue weighted by Gasteiger charge is 2.07. The highest BCUT2D eigenvalue weighted by atomic mass is 35.5. The van der Waals surface area contributed by atoms with Crippen LogP contribution in [0.3, 0.4) is 0 Å². The molecule has 15 heavy (non-hydrogen) atoms. The number of hydrogen-bond acceptors (Lipinski definition) is 2. The molecule has 0 radical (unpaired) electrons. The number of urea groups is 1.